The molecule has 60 valence electrons. The molecule has 10 heavy (non-hydrogen) atoms. The molecule has 1 heterocycles. The first-order valence-electron chi connectivity index (χ1n) is 3.41. The molecule has 0 saturated carbocycles. The molecule has 2 atom stereocenters. The Morgan fingerprint density at radius 3 is 2.70 bits per heavy atom. The Balaban J connectivity index is 2.56. The van der Waals surface area contributed by atoms with E-state index in [0.717, 1.165) is 19.4 Å². The summed E-state index contributed by atoms with van der Waals surface area (Å²) in [5.41, 5.74) is 0. The zero-order valence-electron chi connectivity index (χ0n) is 6.13. The summed E-state index contributed by atoms with van der Waals surface area (Å²) in [6.45, 7) is 1.28. The standard InChI is InChI=1S/C6H13NO2S/c1-10(7,8)6-3-2-4-9-5-6/h6-7H,2-5H2,1H3. The summed E-state index contributed by atoms with van der Waals surface area (Å²) in [6, 6.07) is 0. The minimum absolute atomic E-state index is 0.0266. The second kappa shape index (κ2) is 2.88. The maximum atomic E-state index is 11.1. The lowest BCUT2D eigenvalue weighted by molar-refractivity contribution is 0.1000. The topological polar surface area (TPSA) is 50.2 Å². The van der Waals surface area contributed by atoms with Crippen LogP contribution in [0.15, 0.2) is 0 Å². The Bertz CT molecular complexity index is 192. The molecule has 0 bridgehead atoms. The maximum Gasteiger partial charge on any atom is 0.0659 e. The van der Waals surface area contributed by atoms with Gasteiger partial charge in [0.25, 0.3) is 0 Å². The van der Waals surface area contributed by atoms with Crippen LogP contribution in [-0.2, 0) is 14.5 Å². The lowest BCUT2D eigenvalue weighted by Gasteiger charge is -2.21. The number of rotatable bonds is 1. The summed E-state index contributed by atoms with van der Waals surface area (Å²) >= 11 is 0. The molecule has 0 aromatic rings. The SMILES string of the molecule is CS(=N)(=O)C1CCCOC1. The van der Waals surface area contributed by atoms with Gasteiger partial charge in [-0.1, -0.05) is 0 Å². The Kier molecular flexibility index (Phi) is 2.31. The van der Waals surface area contributed by atoms with E-state index in [4.69, 9.17) is 9.52 Å². The highest BCUT2D eigenvalue weighted by Crippen LogP contribution is 2.13. The zero-order chi connectivity index (χ0) is 7.61. The van der Waals surface area contributed by atoms with Gasteiger partial charge in [0.2, 0.25) is 0 Å². The highest BCUT2D eigenvalue weighted by atomic mass is 32.2. The van der Waals surface area contributed by atoms with E-state index in [0.29, 0.717) is 6.61 Å². The van der Waals surface area contributed by atoms with Gasteiger partial charge >= 0.3 is 0 Å². The van der Waals surface area contributed by atoms with Crippen molar-refractivity contribution in [2.45, 2.75) is 18.1 Å². The molecule has 1 fully saturated rings. The number of nitrogens with one attached hydrogen (secondary N) is 1. The first kappa shape index (κ1) is 8.01. The molecular formula is C6H13NO2S. The van der Waals surface area contributed by atoms with Gasteiger partial charge in [-0.15, -0.1) is 0 Å². The molecule has 0 aliphatic carbocycles. The number of ether oxygens (including phenoxy) is 1. The first-order chi connectivity index (χ1) is 4.61. The maximum absolute atomic E-state index is 11.1. The van der Waals surface area contributed by atoms with Gasteiger partial charge in [0.1, 0.15) is 0 Å². The van der Waals surface area contributed by atoms with Crippen molar-refractivity contribution in [3.8, 4) is 0 Å². The lowest BCUT2D eigenvalue weighted by Crippen LogP contribution is -2.29. The van der Waals surface area contributed by atoms with Gasteiger partial charge in [-0.2, -0.15) is 0 Å². The molecule has 2 unspecified atom stereocenters. The molecule has 1 rings (SSSR count). The van der Waals surface area contributed by atoms with Gasteiger partial charge in [0.15, 0.2) is 0 Å². The zero-order valence-corrected chi connectivity index (χ0v) is 6.95. The van der Waals surface area contributed by atoms with E-state index in [9.17, 15) is 4.21 Å². The van der Waals surface area contributed by atoms with Crippen molar-refractivity contribution < 1.29 is 8.95 Å². The third-order valence-electron chi connectivity index (χ3n) is 1.75. The molecule has 0 aromatic heterocycles. The summed E-state index contributed by atoms with van der Waals surface area (Å²) in [5, 5.41) is -0.0266. The summed E-state index contributed by atoms with van der Waals surface area (Å²) in [4.78, 5) is 0. The first-order valence-corrected chi connectivity index (χ1v) is 5.44. The minimum Gasteiger partial charge on any atom is -0.380 e. The van der Waals surface area contributed by atoms with Crippen molar-refractivity contribution in [1.82, 2.24) is 0 Å². The van der Waals surface area contributed by atoms with Gasteiger partial charge in [-0.3, -0.25) is 4.78 Å². The van der Waals surface area contributed by atoms with E-state index in [2.05, 4.69) is 0 Å². The normalized spacial score (nSPS) is 33.1. The summed E-state index contributed by atoms with van der Waals surface area (Å²) in [6.07, 6.45) is 3.33. The molecule has 1 saturated heterocycles. The van der Waals surface area contributed by atoms with Crippen LogP contribution in [0.2, 0.25) is 0 Å². The molecule has 0 spiro atoms. The Morgan fingerprint density at radius 2 is 2.40 bits per heavy atom. The highest BCUT2D eigenvalue weighted by molar-refractivity contribution is 7.92. The lowest BCUT2D eigenvalue weighted by atomic mass is 10.2. The Morgan fingerprint density at radius 1 is 1.70 bits per heavy atom. The minimum atomic E-state index is -2.35. The van der Waals surface area contributed by atoms with E-state index >= 15 is 0 Å². The Labute approximate surface area is 61.7 Å². The van der Waals surface area contributed by atoms with Crippen LogP contribution in [0.5, 0.6) is 0 Å². The van der Waals surface area contributed by atoms with E-state index < -0.39 is 9.73 Å². The van der Waals surface area contributed by atoms with Gasteiger partial charge < -0.3 is 4.74 Å². The quantitative estimate of drug-likeness (QED) is 0.622. The number of hydrogen-bond donors (Lipinski definition) is 1. The molecular weight excluding hydrogens is 150 g/mol. The molecule has 1 aliphatic rings. The molecule has 0 radical (unpaired) electrons. The number of hydrogen-bond acceptors (Lipinski definition) is 3. The molecule has 1 N–H and O–H groups in total. The molecule has 1 aliphatic heterocycles. The predicted octanol–water partition coefficient (Wildman–Crippen LogP) is 0.842. The fourth-order valence-electron chi connectivity index (χ4n) is 1.07. The third kappa shape index (κ3) is 1.95. The molecule has 0 aromatic carbocycles. The van der Waals surface area contributed by atoms with E-state index in [1.807, 2.05) is 0 Å². The summed E-state index contributed by atoms with van der Waals surface area (Å²) < 4.78 is 23.5. The van der Waals surface area contributed by atoms with Crippen LogP contribution in [0.1, 0.15) is 12.8 Å². The third-order valence-corrected chi connectivity index (χ3v) is 3.40. The molecule has 3 nitrogen and oxygen atoms in total. The van der Waals surface area contributed by atoms with Crippen LogP contribution in [-0.4, -0.2) is 28.9 Å². The van der Waals surface area contributed by atoms with Crippen LogP contribution < -0.4 is 0 Å². The summed E-state index contributed by atoms with van der Waals surface area (Å²) in [5.74, 6) is 0. The van der Waals surface area contributed by atoms with Crippen LogP contribution in [0.25, 0.3) is 0 Å². The Hall–Kier alpha value is -0.0900. The summed E-state index contributed by atoms with van der Waals surface area (Å²) in [7, 11) is -2.35. The van der Waals surface area contributed by atoms with Gasteiger partial charge in [0, 0.05) is 22.6 Å². The van der Waals surface area contributed by atoms with Gasteiger partial charge in [-0.25, -0.2) is 4.21 Å². The van der Waals surface area contributed by atoms with Gasteiger partial charge in [0.05, 0.1) is 11.9 Å². The smallest absolute Gasteiger partial charge is 0.0659 e. The van der Waals surface area contributed by atoms with Crippen molar-refractivity contribution in [2.24, 2.45) is 0 Å². The van der Waals surface area contributed by atoms with Gasteiger partial charge in [-0.05, 0) is 12.8 Å². The average molecular weight is 163 g/mol. The fraction of sp³-hybridized carbons (Fsp3) is 1.00. The second-order valence-electron chi connectivity index (χ2n) is 2.74. The van der Waals surface area contributed by atoms with Crippen LogP contribution in [0.4, 0.5) is 0 Å². The molecule has 0 amide bonds. The highest BCUT2D eigenvalue weighted by Gasteiger charge is 2.20. The van der Waals surface area contributed by atoms with E-state index in [1.165, 1.54) is 6.26 Å². The average Bonchev–Trinajstić information content (AvgIpc) is 1.88. The van der Waals surface area contributed by atoms with Crippen LogP contribution >= 0.6 is 0 Å². The van der Waals surface area contributed by atoms with Crippen LogP contribution in [0, 0.1) is 4.78 Å². The van der Waals surface area contributed by atoms with Crippen molar-refractivity contribution in [1.29, 1.82) is 4.78 Å². The van der Waals surface area contributed by atoms with Crippen molar-refractivity contribution in [3.63, 3.8) is 0 Å². The van der Waals surface area contributed by atoms with Crippen molar-refractivity contribution >= 4 is 9.73 Å². The van der Waals surface area contributed by atoms with E-state index in [-0.39, 0.29) is 5.25 Å². The fourth-order valence-corrected chi connectivity index (χ4v) is 2.04. The second-order valence-corrected chi connectivity index (χ2v) is 5.22. The van der Waals surface area contributed by atoms with Crippen LogP contribution in [0.3, 0.4) is 0 Å². The molecule has 4 heteroatoms. The predicted molar refractivity (Wildman–Crippen MR) is 40.6 cm³/mol. The largest absolute Gasteiger partial charge is 0.380 e. The monoisotopic (exact) mass is 163 g/mol. The van der Waals surface area contributed by atoms with Crippen molar-refractivity contribution in [3.05, 3.63) is 0 Å². The van der Waals surface area contributed by atoms with E-state index in [1.54, 1.807) is 0 Å². The van der Waals surface area contributed by atoms with Crippen molar-refractivity contribution in [2.75, 3.05) is 19.5 Å².